The van der Waals surface area contributed by atoms with Crippen LogP contribution in [-0.2, 0) is 0 Å². The van der Waals surface area contributed by atoms with Crippen LogP contribution in [0.3, 0.4) is 0 Å². The van der Waals surface area contributed by atoms with Gasteiger partial charge in [0.2, 0.25) is 0 Å². The highest BCUT2D eigenvalue weighted by Crippen LogP contribution is 2.20. The minimum Gasteiger partial charge on any atom is -0.494 e. The van der Waals surface area contributed by atoms with E-state index in [4.69, 9.17) is 4.74 Å². The predicted octanol–water partition coefficient (Wildman–Crippen LogP) is 3.04. The number of benzene rings is 1. The van der Waals surface area contributed by atoms with Gasteiger partial charge in [0.1, 0.15) is 11.9 Å². The lowest BCUT2D eigenvalue weighted by Gasteiger charge is -2.18. The Morgan fingerprint density at radius 3 is 2.27 bits per heavy atom. The van der Waals surface area contributed by atoms with Crippen LogP contribution in [0, 0.1) is 0 Å². The molecule has 126 valence electrons. The normalized spacial score (nSPS) is 13.8. The molecule has 0 aliphatic heterocycles. The van der Waals surface area contributed by atoms with Crippen LogP contribution in [0.25, 0.3) is 0 Å². The van der Waals surface area contributed by atoms with E-state index in [0.717, 1.165) is 18.8 Å². The molecule has 1 rings (SSSR count). The summed E-state index contributed by atoms with van der Waals surface area (Å²) in [6.07, 6.45) is 5.81. The molecule has 0 amide bonds. The van der Waals surface area contributed by atoms with Crippen LogP contribution in [0.4, 0.5) is 0 Å². The Hall–Kier alpha value is -1.10. The van der Waals surface area contributed by atoms with Gasteiger partial charge in [0.25, 0.3) is 0 Å². The summed E-state index contributed by atoms with van der Waals surface area (Å²) in [5.41, 5.74) is 0.703. The minimum atomic E-state index is -0.875. The van der Waals surface area contributed by atoms with E-state index in [1.54, 1.807) is 19.2 Å². The molecule has 2 atom stereocenters. The van der Waals surface area contributed by atoms with E-state index in [1.807, 2.05) is 12.1 Å². The fraction of sp³-hybridized carbons (Fsp3) is 0.667. The molecule has 4 heteroatoms. The zero-order valence-electron chi connectivity index (χ0n) is 13.9. The maximum atomic E-state index is 10.00. The van der Waals surface area contributed by atoms with Crippen LogP contribution in [-0.4, -0.2) is 36.5 Å². The standard InChI is InChI=1S/C18H31NO3/c1-3-4-5-6-7-8-13-22-16-11-9-15(10-12-16)18(21)17(20)14-19-2/h9-12,17-21H,3-8,13-14H2,1-2H3. The van der Waals surface area contributed by atoms with Gasteiger partial charge in [-0.05, 0) is 31.2 Å². The molecule has 0 saturated heterocycles. The van der Waals surface area contributed by atoms with Crippen LogP contribution in [0.15, 0.2) is 24.3 Å². The maximum Gasteiger partial charge on any atom is 0.119 e. The molecule has 0 fully saturated rings. The molecule has 22 heavy (non-hydrogen) atoms. The molecule has 0 heterocycles. The Morgan fingerprint density at radius 1 is 1.00 bits per heavy atom. The van der Waals surface area contributed by atoms with Crippen LogP contribution < -0.4 is 10.1 Å². The molecule has 0 bridgehead atoms. The van der Waals surface area contributed by atoms with Crippen molar-refractivity contribution in [2.45, 2.75) is 57.7 Å². The largest absolute Gasteiger partial charge is 0.494 e. The van der Waals surface area contributed by atoms with Gasteiger partial charge in [0.05, 0.1) is 12.7 Å². The average Bonchev–Trinajstić information content (AvgIpc) is 2.54. The summed E-state index contributed by atoms with van der Waals surface area (Å²) in [6, 6.07) is 7.31. The molecule has 1 aromatic carbocycles. The molecule has 0 radical (unpaired) electrons. The second-order valence-electron chi connectivity index (χ2n) is 5.76. The highest BCUT2D eigenvalue weighted by Gasteiger charge is 2.17. The van der Waals surface area contributed by atoms with Crippen molar-refractivity contribution in [3.8, 4) is 5.75 Å². The number of likely N-dealkylation sites (N-methyl/N-ethyl adjacent to an activating group) is 1. The molecule has 1 aromatic rings. The zero-order chi connectivity index (χ0) is 16.2. The molecule has 3 N–H and O–H groups in total. The SMILES string of the molecule is CCCCCCCCOc1ccc(C(O)C(O)CNC)cc1. The van der Waals surface area contributed by atoms with Crippen LogP contribution in [0.1, 0.15) is 57.1 Å². The van der Waals surface area contributed by atoms with Gasteiger partial charge in [-0.3, -0.25) is 0 Å². The fourth-order valence-corrected chi connectivity index (χ4v) is 2.38. The number of unbranched alkanes of at least 4 members (excludes halogenated alkanes) is 5. The van der Waals surface area contributed by atoms with Crippen molar-refractivity contribution in [3.63, 3.8) is 0 Å². The van der Waals surface area contributed by atoms with E-state index in [2.05, 4.69) is 12.2 Å². The highest BCUT2D eigenvalue weighted by molar-refractivity contribution is 5.29. The molecule has 0 aliphatic rings. The van der Waals surface area contributed by atoms with Crippen LogP contribution in [0.5, 0.6) is 5.75 Å². The number of ether oxygens (including phenoxy) is 1. The topological polar surface area (TPSA) is 61.7 Å². The third kappa shape index (κ3) is 7.25. The smallest absolute Gasteiger partial charge is 0.119 e. The molecule has 0 saturated carbocycles. The van der Waals surface area contributed by atoms with E-state index in [-0.39, 0.29) is 0 Å². The lowest BCUT2D eigenvalue weighted by molar-refractivity contribution is 0.0202. The molecule has 4 nitrogen and oxygen atoms in total. The van der Waals surface area contributed by atoms with Gasteiger partial charge in [0.15, 0.2) is 0 Å². The molecule has 2 unspecified atom stereocenters. The predicted molar refractivity (Wildman–Crippen MR) is 90.2 cm³/mol. The Kier molecular flexibility index (Phi) is 9.87. The summed E-state index contributed by atoms with van der Waals surface area (Å²) in [5, 5.41) is 22.6. The molecular weight excluding hydrogens is 278 g/mol. The van der Waals surface area contributed by atoms with Crippen molar-refractivity contribution in [1.82, 2.24) is 5.32 Å². The van der Waals surface area contributed by atoms with Crippen molar-refractivity contribution >= 4 is 0 Å². The lowest BCUT2D eigenvalue weighted by Crippen LogP contribution is -2.29. The first-order chi connectivity index (χ1) is 10.7. The minimum absolute atomic E-state index is 0.359. The Morgan fingerprint density at radius 2 is 1.64 bits per heavy atom. The third-order valence-electron chi connectivity index (χ3n) is 3.77. The first-order valence-corrected chi connectivity index (χ1v) is 8.42. The average molecular weight is 309 g/mol. The third-order valence-corrected chi connectivity index (χ3v) is 3.77. The summed E-state index contributed by atoms with van der Waals surface area (Å²) in [5.74, 6) is 0.813. The number of aliphatic hydroxyl groups is 2. The number of hydrogen-bond donors (Lipinski definition) is 3. The summed E-state index contributed by atoms with van der Waals surface area (Å²) in [4.78, 5) is 0. The van der Waals surface area contributed by atoms with Crippen molar-refractivity contribution in [1.29, 1.82) is 0 Å². The van der Waals surface area contributed by atoms with Crippen molar-refractivity contribution in [2.75, 3.05) is 20.2 Å². The van der Waals surface area contributed by atoms with Crippen molar-refractivity contribution < 1.29 is 14.9 Å². The molecule has 0 spiro atoms. The zero-order valence-corrected chi connectivity index (χ0v) is 13.9. The number of aliphatic hydroxyl groups excluding tert-OH is 2. The van der Waals surface area contributed by atoms with Gasteiger partial charge < -0.3 is 20.3 Å². The second-order valence-corrected chi connectivity index (χ2v) is 5.76. The van der Waals surface area contributed by atoms with Crippen molar-refractivity contribution in [3.05, 3.63) is 29.8 Å². The van der Waals surface area contributed by atoms with Crippen LogP contribution >= 0.6 is 0 Å². The van der Waals surface area contributed by atoms with Crippen LogP contribution in [0.2, 0.25) is 0 Å². The molecule has 0 aromatic heterocycles. The summed E-state index contributed by atoms with van der Waals surface area (Å²) in [7, 11) is 1.75. The summed E-state index contributed by atoms with van der Waals surface area (Å²) >= 11 is 0. The first kappa shape index (κ1) is 18.9. The fourth-order valence-electron chi connectivity index (χ4n) is 2.38. The first-order valence-electron chi connectivity index (χ1n) is 8.42. The number of rotatable bonds is 12. The van der Waals surface area contributed by atoms with E-state index in [0.29, 0.717) is 12.1 Å². The van der Waals surface area contributed by atoms with Gasteiger partial charge in [-0.15, -0.1) is 0 Å². The van der Waals surface area contributed by atoms with E-state index in [9.17, 15) is 10.2 Å². The quantitative estimate of drug-likeness (QED) is 0.519. The molecular formula is C18H31NO3. The monoisotopic (exact) mass is 309 g/mol. The summed E-state index contributed by atoms with van der Waals surface area (Å²) in [6.45, 7) is 3.31. The Balaban J connectivity index is 2.27. The van der Waals surface area contributed by atoms with Crippen molar-refractivity contribution in [2.24, 2.45) is 0 Å². The Labute approximate surface area is 134 Å². The van der Waals surface area contributed by atoms with E-state index in [1.165, 1.54) is 32.1 Å². The number of nitrogens with one attached hydrogen (secondary N) is 1. The Bertz CT molecular complexity index is 380. The van der Waals surface area contributed by atoms with Gasteiger partial charge in [-0.2, -0.15) is 0 Å². The van der Waals surface area contributed by atoms with Gasteiger partial charge in [-0.1, -0.05) is 51.2 Å². The number of hydrogen-bond acceptors (Lipinski definition) is 4. The van der Waals surface area contributed by atoms with E-state index < -0.39 is 12.2 Å². The van der Waals surface area contributed by atoms with E-state index >= 15 is 0 Å². The highest BCUT2D eigenvalue weighted by atomic mass is 16.5. The maximum absolute atomic E-state index is 10.00. The molecule has 0 aliphatic carbocycles. The van der Waals surface area contributed by atoms with Gasteiger partial charge in [0, 0.05) is 6.54 Å². The van der Waals surface area contributed by atoms with Gasteiger partial charge >= 0.3 is 0 Å². The second kappa shape index (κ2) is 11.5. The van der Waals surface area contributed by atoms with Gasteiger partial charge in [-0.25, -0.2) is 0 Å². The summed E-state index contributed by atoms with van der Waals surface area (Å²) < 4.78 is 5.70. The lowest BCUT2D eigenvalue weighted by atomic mass is 10.0.